The van der Waals surface area contributed by atoms with Crippen molar-refractivity contribution in [1.82, 2.24) is 9.88 Å². The Labute approximate surface area is 137 Å². The number of halogens is 1. The fraction of sp³-hybridized carbons (Fsp3) is 0.294. The Bertz CT molecular complexity index is 792. The molecule has 2 N–H and O–H groups in total. The first kappa shape index (κ1) is 14.4. The number of nitrogens with one attached hydrogen (secondary N) is 1. The van der Waals surface area contributed by atoms with E-state index < -0.39 is 0 Å². The van der Waals surface area contributed by atoms with E-state index in [4.69, 9.17) is 5.41 Å². The zero-order chi connectivity index (χ0) is 16.0. The second kappa shape index (κ2) is 5.45. The van der Waals surface area contributed by atoms with Crippen LogP contribution in [-0.2, 0) is 0 Å². The van der Waals surface area contributed by atoms with Gasteiger partial charge in [-0.1, -0.05) is 0 Å². The molecular formula is C17H16FN3OS. The monoisotopic (exact) mass is 329 g/mol. The minimum Gasteiger partial charge on any atom is -0.510 e. The summed E-state index contributed by atoms with van der Waals surface area (Å²) < 4.78 is 13.0. The molecule has 1 fully saturated rings. The van der Waals surface area contributed by atoms with Crippen molar-refractivity contribution < 1.29 is 9.50 Å². The van der Waals surface area contributed by atoms with Crippen LogP contribution in [0.15, 0.2) is 35.4 Å². The number of hydrogen-bond donors (Lipinski definition) is 2. The summed E-state index contributed by atoms with van der Waals surface area (Å²) in [6.45, 7) is 1.23. The highest BCUT2D eigenvalue weighted by Crippen LogP contribution is 2.35. The average molecular weight is 329 g/mol. The normalized spacial score (nSPS) is 18.1. The number of aliphatic hydroxyl groups excluding tert-OH is 1. The molecule has 2 aliphatic rings. The van der Waals surface area contributed by atoms with E-state index in [1.165, 1.54) is 36.3 Å². The Kier molecular flexibility index (Phi) is 3.41. The number of rotatable bonds is 4. The summed E-state index contributed by atoms with van der Waals surface area (Å²) in [7, 11) is 0. The van der Waals surface area contributed by atoms with Crippen LogP contribution in [-0.4, -0.2) is 33.9 Å². The van der Waals surface area contributed by atoms with Gasteiger partial charge in [0.2, 0.25) is 0 Å². The lowest BCUT2D eigenvalue weighted by Gasteiger charge is -2.17. The molecule has 1 aromatic carbocycles. The minimum atomic E-state index is -0.280. The first-order valence-corrected chi connectivity index (χ1v) is 8.47. The molecule has 0 radical (unpaired) electrons. The van der Waals surface area contributed by atoms with Gasteiger partial charge in [0.05, 0.1) is 17.8 Å². The molecule has 1 aliphatic heterocycles. The number of hydrogen-bond acceptors (Lipinski definition) is 4. The van der Waals surface area contributed by atoms with E-state index in [-0.39, 0.29) is 11.6 Å². The standard InChI is InChI=1S/C17H16FN3OS/c18-12-5-3-11(4-6-12)13-9-23-17(20-13)15-14(22)8-21(16(15)19)7-10-1-2-10/h3-6,9-10,19,22H,1-2,7-8H2. The quantitative estimate of drug-likeness (QED) is 0.894. The van der Waals surface area contributed by atoms with Gasteiger partial charge in [-0.3, -0.25) is 5.41 Å². The number of amidine groups is 1. The molecule has 0 saturated heterocycles. The summed E-state index contributed by atoms with van der Waals surface area (Å²) in [5.74, 6) is 0.955. The Morgan fingerprint density at radius 3 is 2.74 bits per heavy atom. The van der Waals surface area contributed by atoms with Crippen LogP contribution in [0.5, 0.6) is 0 Å². The fourth-order valence-electron chi connectivity index (χ4n) is 2.77. The number of thiazole rings is 1. The Balaban J connectivity index is 1.59. The molecule has 118 valence electrons. The third-order valence-electron chi connectivity index (χ3n) is 4.22. The highest BCUT2D eigenvalue weighted by atomic mass is 32.1. The van der Waals surface area contributed by atoms with E-state index in [1.807, 2.05) is 10.3 Å². The van der Waals surface area contributed by atoms with Crippen LogP contribution in [0.1, 0.15) is 17.8 Å². The summed E-state index contributed by atoms with van der Waals surface area (Å²) in [5.41, 5.74) is 2.09. The lowest BCUT2D eigenvalue weighted by atomic mass is 10.2. The number of aromatic nitrogens is 1. The third kappa shape index (κ3) is 2.74. The number of aliphatic hydroxyl groups is 1. The van der Waals surface area contributed by atoms with Gasteiger partial charge >= 0.3 is 0 Å². The first-order chi connectivity index (χ1) is 11.1. The predicted octanol–water partition coefficient (Wildman–Crippen LogP) is 3.92. The van der Waals surface area contributed by atoms with Gasteiger partial charge in [-0.05, 0) is 43.0 Å². The lowest BCUT2D eigenvalue weighted by Crippen LogP contribution is -2.28. The van der Waals surface area contributed by atoms with E-state index in [0.717, 1.165) is 17.8 Å². The van der Waals surface area contributed by atoms with Crippen LogP contribution in [0, 0.1) is 17.1 Å². The van der Waals surface area contributed by atoms with Crippen molar-refractivity contribution in [3.63, 3.8) is 0 Å². The van der Waals surface area contributed by atoms with Crippen LogP contribution < -0.4 is 0 Å². The zero-order valence-corrected chi connectivity index (χ0v) is 13.2. The molecule has 2 heterocycles. The SMILES string of the molecule is N=C1C(c2nc(-c3ccc(F)cc3)cs2)=C(O)CN1CC1CC1. The third-order valence-corrected chi connectivity index (χ3v) is 5.08. The lowest BCUT2D eigenvalue weighted by molar-refractivity contribution is 0.343. The molecule has 0 bridgehead atoms. The van der Waals surface area contributed by atoms with Gasteiger partial charge in [0.15, 0.2) is 0 Å². The Morgan fingerprint density at radius 2 is 2.04 bits per heavy atom. The van der Waals surface area contributed by atoms with Crippen LogP contribution >= 0.6 is 11.3 Å². The van der Waals surface area contributed by atoms with Crippen molar-refractivity contribution >= 4 is 22.7 Å². The van der Waals surface area contributed by atoms with E-state index in [2.05, 4.69) is 4.98 Å². The largest absolute Gasteiger partial charge is 0.510 e. The molecule has 23 heavy (non-hydrogen) atoms. The van der Waals surface area contributed by atoms with E-state index in [0.29, 0.717) is 28.9 Å². The maximum absolute atomic E-state index is 13.0. The first-order valence-electron chi connectivity index (χ1n) is 7.59. The van der Waals surface area contributed by atoms with E-state index in [1.54, 1.807) is 12.1 Å². The maximum Gasteiger partial charge on any atom is 0.135 e. The van der Waals surface area contributed by atoms with E-state index >= 15 is 0 Å². The number of nitrogens with zero attached hydrogens (tertiary/aromatic N) is 2. The van der Waals surface area contributed by atoms with Crippen LogP contribution in [0.3, 0.4) is 0 Å². The number of benzene rings is 1. The summed E-state index contributed by atoms with van der Waals surface area (Å²) in [6.07, 6.45) is 2.43. The van der Waals surface area contributed by atoms with Crippen LogP contribution in [0.2, 0.25) is 0 Å². The highest BCUT2D eigenvalue weighted by molar-refractivity contribution is 7.11. The fourth-order valence-corrected chi connectivity index (χ4v) is 3.66. The molecule has 1 aromatic heterocycles. The molecule has 4 nitrogen and oxygen atoms in total. The smallest absolute Gasteiger partial charge is 0.135 e. The van der Waals surface area contributed by atoms with Crippen molar-refractivity contribution in [1.29, 1.82) is 5.41 Å². The van der Waals surface area contributed by atoms with Gasteiger partial charge < -0.3 is 10.0 Å². The van der Waals surface area contributed by atoms with E-state index in [9.17, 15) is 9.50 Å². The molecule has 4 rings (SSSR count). The van der Waals surface area contributed by atoms with Gasteiger partial charge in [-0.2, -0.15) is 0 Å². The molecule has 1 saturated carbocycles. The van der Waals surface area contributed by atoms with Crippen LogP contribution in [0.4, 0.5) is 4.39 Å². The van der Waals surface area contributed by atoms with Crippen molar-refractivity contribution in [2.24, 2.45) is 5.92 Å². The average Bonchev–Trinajstić information content (AvgIpc) is 3.14. The Hall–Kier alpha value is -2.21. The van der Waals surface area contributed by atoms with Crippen molar-refractivity contribution in [2.45, 2.75) is 12.8 Å². The molecule has 0 atom stereocenters. The molecule has 1 aliphatic carbocycles. The van der Waals surface area contributed by atoms with Gasteiger partial charge in [0, 0.05) is 17.5 Å². The Morgan fingerprint density at radius 1 is 1.30 bits per heavy atom. The van der Waals surface area contributed by atoms with Crippen LogP contribution in [0.25, 0.3) is 16.8 Å². The zero-order valence-electron chi connectivity index (χ0n) is 12.4. The maximum atomic E-state index is 13.0. The van der Waals surface area contributed by atoms with Gasteiger partial charge in [0.1, 0.15) is 22.4 Å². The summed E-state index contributed by atoms with van der Waals surface area (Å²) in [5, 5.41) is 21.1. The molecule has 6 heteroatoms. The summed E-state index contributed by atoms with van der Waals surface area (Å²) in [6, 6.07) is 6.17. The highest BCUT2D eigenvalue weighted by Gasteiger charge is 2.34. The molecular weight excluding hydrogens is 313 g/mol. The minimum absolute atomic E-state index is 0.218. The van der Waals surface area contributed by atoms with Gasteiger partial charge in [-0.25, -0.2) is 9.37 Å². The van der Waals surface area contributed by atoms with Crippen molar-refractivity contribution in [2.75, 3.05) is 13.1 Å². The van der Waals surface area contributed by atoms with Gasteiger partial charge in [-0.15, -0.1) is 11.3 Å². The molecule has 0 amide bonds. The van der Waals surface area contributed by atoms with Crippen molar-refractivity contribution in [3.05, 3.63) is 46.2 Å². The van der Waals surface area contributed by atoms with Crippen molar-refractivity contribution in [3.8, 4) is 11.3 Å². The van der Waals surface area contributed by atoms with Gasteiger partial charge in [0.25, 0.3) is 0 Å². The predicted molar refractivity (Wildman–Crippen MR) is 89.1 cm³/mol. The molecule has 2 aromatic rings. The second-order valence-electron chi connectivity index (χ2n) is 6.04. The summed E-state index contributed by atoms with van der Waals surface area (Å²) in [4.78, 5) is 6.45. The molecule has 0 spiro atoms. The topological polar surface area (TPSA) is 60.2 Å². The second-order valence-corrected chi connectivity index (χ2v) is 6.90. The molecule has 0 unspecified atom stereocenters. The summed E-state index contributed by atoms with van der Waals surface area (Å²) >= 11 is 1.40.